The zero-order chi connectivity index (χ0) is 17.2. The second kappa shape index (κ2) is 6.62. The Kier molecular flexibility index (Phi) is 4.99. The SMILES string of the molecule is CC(C)(C)C(=O)ON1CCN(c2ccc(C=O)c(F)c2F)CC1. The van der Waals surface area contributed by atoms with Gasteiger partial charge >= 0.3 is 5.97 Å². The number of hydrogen-bond acceptors (Lipinski definition) is 5. The predicted octanol–water partition coefficient (Wildman–Crippen LogP) is 2.40. The van der Waals surface area contributed by atoms with Crippen LogP contribution in [0.15, 0.2) is 12.1 Å². The quantitative estimate of drug-likeness (QED) is 0.799. The van der Waals surface area contributed by atoms with Crippen molar-refractivity contribution in [3.63, 3.8) is 0 Å². The highest BCUT2D eigenvalue weighted by atomic mass is 19.2. The largest absolute Gasteiger partial charge is 0.367 e. The predicted molar refractivity (Wildman–Crippen MR) is 81.1 cm³/mol. The van der Waals surface area contributed by atoms with Crippen molar-refractivity contribution < 1.29 is 23.2 Å². The molecule has 0 atom stereocenters. The van der Waals surface area contributed by atoms with Crippen molar-refractivity contribution in [3.8, 4) is 0 Å². The van der Waals surface area contributed by atoms with Crippen LogP contribution in [0, 0.1) is 17.0 Å². The highest BCUT2D eigenvalue weighted by molar-refractivity contribution is 5.76. The molecule has 1 aliphatic heterocycles. The molecule has 0 bridgehead atoms. The van der Waals surface area contributed by atoms with Crippen LogP contribution in [0.1, 0.15) is 31.1 Å². The van der Waals surface area contributed by atoms with Gasteiger partial charge in [-0.3, -0.25) is 4.79 Å². The van der Waals surface area contributed by atoms with Crippen molar-refractivity contribution >= 4 is 17.9 Å². The molecule has 1 saturated heterocycles. The van der Waals surface area contributed by atoms with E-state index < -0.39 is 17.0 Å². The van der Waals surface area contributed by atoms with Gasteiger partial charge in [0, 0.05) is 13.1 Å². The first-order valence-electron chi connectivity index (χ1n) is 7.39. The summed E-state index contributed by atoms with van der Waals surface area (Å²) in [6.45, 7) is 6.83. The average Bonchev–Trinajstić information content (AvgIpc) is 2.50. The summed E-state index contributed by atoms with van der Waals surface area (Å²) in [5, 5.41) is 1.53. The molecule has 0 unspecified atom stereocenters. The smallest absolute Gasteiger partial charge is 0.330 e. The number of benzene rings is 1. The number of hydrogen-bond donors (Lipinski definition) is 0. The van der Waals surface area contributed by atoms with Crippen molar-refractivity contribution in [2.75, 3.05) is 31.1 Å². The minimum absolute atomic E-state index is 0.106. The first kappa shape index (κ1) is 17.3. The fraction of sp³-hybridized carbons (Fsp3) is 0.500. The Morgan fingerprint density at radius 2 is 1.74 bits per heavy atom. The van der Waals surface area contributed by atoms with Crippen LogP contribution < -0.4 is 4.90 Å². The van der Waals surface area contributed by atoms with Gasteiger partial charge in [-0.15, -0.1) is 5.06 Å². The molecule has 1 fully saturated rings. The Balaban J connectivity index is 2.01. The summed E-state index contributed by atoms with van der Waals surface area (Å²) >= 11 is 0. The third-order valence-electron chi connectivity index (χ3n) is 3.62. The van der Waals surface area contributed by atoms with Crippen molar-refractivity contribution in [2.45, 2.75) is 20.8 Å². The molecule has 23 heavy (non-hydrogen) atoms. The Hall–Kier alpha value is -2.02. The van der Waals surface area contributed by atoms with Gasteiger partial charge in [-0.2, -0.15) is 0 Å². The van der Waals surface area contributed by atoms with Crippen molar-refractivity contribution in [2.24, 2.45) is 5.41 Å². The van der Waals surface area contributed by atoms with Gasteiger partial charge in [0.2, 0.25) is 0 Å². The molecular formula is C16H20F2N2O3. The van der Waals surface area contributed by atoms with E-state index in [9.17, 15) is 18.4 Å². The highest BCUT2D eigenvalue weighted by Crippen LogP contribution is 2.25. The maximum Gasteiger partial charge on any atom is 0.330 e. The number of rotatable bonds is 3. The van der Waals surface area contributed by atoms with Crippen molar-refractivity contribution in [1.29, 1.82) is 0 Å². The number of halogens is 2. The summed E-state index contributed by atoms with van der Waals surface area (Å²) < 4.78 is 27.7. The molecule has 0 aliphatic carbocycles. The number of hydroxylamine groups is 2. The van der Waals surface area contributed by atoms with Gasteiger partial charge in [0.05, 0.1) is 29.8 Å². The molecule has 0 N–H and O–H groups in total. The molecule has 0 aromatic heterocycles. The molecule has 0 radical (unpaired) electrons. The fourth-order valence-corrected chi connectivity index (χ4v) is 2.16. The Morgan fingerprint density at radius 1 is 1.13 bits per heavy atom. The van der Waals surface area contributed by atoms with Crippen LogP contribution in [-0.4, -0.2) is 43.5 Å². The van der Waals surface area contributed by atoms with Crippen molar-refractivity contribution in [1.82, 2.24) is 5.06 Å². The second-order valence-corrected chi connectivity index (χ2v) is 6.46. The van der Waals surface area contributed by atoms with Gasteiger partial charge in [0.15, 0.2) is 17.9 Å². The Bertz CT molecular complexity index is 606. The van der Waals surface area contributed by atoms with Crippen molar-refractivity contribution in [3.05, 3.63) is 29.3 Å². The molecule has 5 nitrogen and oxygen atoms in total. The standard InChI is InChI=1S/C16H20F2N2O3/c1-16(2,3)15(22)23-20-8-6-19(7-9-20)12-5-4-11(10-21)13(17)14(12)18/h4-5,10H,6-9H2,1-3H3. The fourth-order valence-electron chi connectivity index (χ4n) is 2.16. The molecule has 0 amide bonds. The lowest BCUT2D eigenvalue weighted by Gasteiger charge is -2.35. The van der Waals surface area contributed by atoms with E-state index in [1.165, 1.54) is 17.2 Å². The normalized spacial score (nSPS) is 16.3. The first-order valence-corrected chi connectivity index (χ1v) is 7.39. The lowest BCUT2D eigenvalue weighted by atomic mass is 9.98. The molecule has 1 aromatic carbocycles. The van der Waals surface area contributed by atoms with Crippen LogP contribution in [0.4, 0.5) is 14.5 Å². The molecular weight excluding hydrogens is 306 g/mol. The molecule has 1 aromatic rings. The summed E-state index contributed by atoms with van der Waals surface area (Å²) in [6, 6.07) is 2.64. The molecule has 126 valence electrons. The van der Waals surface area contributed by atoms with Crippen LogP contribution in [0.25, 0.3) is 0 Å². The van der Waals surface area contributed by atoms with E-state index in [1.54, 1.807) is 25.7 Å². The zero-order valence-corrected chi connectivity index (χ0v) is 13.4. The van der Waals surface area contributed by atoms with Gasteiger partial charge in [-0.1, -0.05) is 0 Å². The third-order valence-corrected chi connectivity index (χ3v) is 3.62. The molecule has 1 aliphatic rings. The minimum atomic E-state index is -1.14. The number of anilines is 1. The average molecular weight is 326 g/mol. The van der Waals surface area contributed by atoms with E-state index in [0.717, 1.165) is 0 Å². The summed E-state index contributed by atoms with van der Waals surface area (Å²) in [4.78, 5) is 29.4. The highest BCUT2D eigenvalue weighted by Gasteiger charge is 2.28. The number of carbonyl (C=O) groups is 2. The summed E-state index contributed by atoms with van der Waals surface area (Å²) in [7, 11) is 0. The maximum absolute atomic E-state index is 14.0. The molecule has 0 saturated carbocycles. The van der Waals surface area contributed by atoms with Crippen LogP contribution >= 0.6 is 0 Å². The molecule has 2 rings (SSSR count). The zero-order valence-electron chi connectivity index (χ0n) is 13.4. The Morgan fingerprint density at radius 3 is 2.26 bits per heavy atom. The summed E-state index contributed by atoms with van der Waals surface area (Å²) in [5.41, 5.74) is -0.796. The van der Waals surface area contributed by atoms with E-state index in [2.05, 4.69) is 0 Å². The first-order chi connectivity index (χ1) is 10.7. The van der Waals surface area contributed by atoms with Gasteiger partial charge in [0.1, 0.15) is 0 Å². The lowest BCUT2D eigenvalue weighted by molar-refractivity contribution is -0.201. The van der Waals surface area contributed by atoms with E-state index in [0.29, 0.717) is 26.2 Å². The maximum atomic E-state index is 14.0. The monoisotopic (exact) mass is 326 g/mol. The van der Waals surface area contributed by atoms with Crippen LogP contribution in [0.5, 0.6) is 0 Å². The van der Waals surface area contributed by atoms with Gasteiger partial charge in [-0.25, -0.2) is 13.6 Å². The van der Waals surface area contributed by atoms with E-state index in [1.807, 2.05) is 0 Å². The van der Waals surface area contributed by atoms with E-state index >= 15 is 0 Å². The van der Waals surface area contributed by atoms with Crippen LogP contribution in [0.2, 0.25) is 0 Å². The third kappa shape index (κ3) is 3.85. The lowest BCUT2D eigenvalue weighted by Crippen LogP contribution is -2.48. The second-order valence-electron chi connectivity index (χ2n) is 6.46. The molecule has 1 heterocycles. The topological polar surface area (TPSA) is 49.9 Å². The Labute approximate surface area is 133 Å². The van der Waals surface area contributed by atoms with E-state index in [-0.39, 0.29) is 23.5 Å². The van der Waals surface area contributed by atoms with E-state index in [4.69, 9.17) is 4.84 Å². The number of piperazine rings is 1. The number of nitrogens with zero attached hydrogens (tertiary/aromatic N) is 2. The van der Waals surface area contributed by atoms with Gasteiger partial charge < -0.3 is 9.74 Å². The van der Waals surface area contributed by atoms with Crippen LogP contribution in [0.3, 0.4) is 0 Å². The van der Waals surface area contributed by atoms with Gasteiger partial charge in [-0.05, 0) is 32.9 Å². The summed E-state index contributed by atoms with van der Waals surface area (Å²) in [6.07, 6.45) is 0.284. The molecule has 0 spiro atoms. The number of aldehydes is 1. The number of carbonyl (C=O) groups excluding carboxylic acids is 2. The molecule has 7 heteroatoms. The summed E-state index contributed by atoms with van der Waals surface area (Å²) in [5.74, 6) is -2.51. The minimum Gasteiger partial charge on any atom is -0.367 e. The van der Waals surface area contributed by atoms with Gasteiger partial charge in [0.25, 0.3) is 0 Å². The van der Waals surface area contributed by atoms with Crippen LogP contribution in [-0.2, 0) is 9.63 Å².